The maximum absolute atomic E-state index is 12.8. The molecule has 0 unspecified atom stereocenters. The van der Waals surface area contributed by atoms with Crippen LogP contribution < -0.4 is 10.5 Å². The van der Waals surface area contributed by atoms with E-state index in [1.54, 1.807) is 44.2 Å². The van der Waals surface area contributed by atoms with Crippen molar-refractivity contribution in [1.82, 2.24) is 5.16 Å². The van der Waals surface area contributed by atoms with Gasteiger partial charge in [0.15, 0.2) is 0 Å². The highest BCUT2D eigenvalue weighted by Gasteiger charge is 2.22. The Kier molecular flexibility index (Phi) is 4.22. The SMILES string of the molecule is Cc1noc(NS(=O)(=O)c2cccc3c(CC(N)=O)cccc23)c1C. The third kappa shape index (κ3) is 3.20. The molecule has 0 aliphatic rings. The minimum atomic E-state index is -3.89. The van der Waals surface area contributed by atoms with Gasteiger partial charge < -0.3 is 10.3 Å². The van der Waals surface area contributed by atoms with Crippen LogP contribution in [0.3, 0.4) is 0 Å². The first-order chi connectivity index (χ1) is 11.8. The number of nitrogens with zero attached hydrogens (tertiary/aromatic N) is 1. The van der Waals surface area contributed by atoms with Crippen molar-refractivity contribution in [3.05, 3.63) is 53.2 Å². The van der Waals surface area contributed by atoms with Gasteiger partial charge in [-0.25, -0.2) is 13.1 Å². The summed E-state index contributed by atoms with van der Waals surface area (Å²) in [5.74, 6) is -0.394. The lowest BCUT2D eigenvalue weighted by molar-refractivity contribution is -0.117. The van der Waals surface area contributed by atoms with Crippen LogP contribution in [0.2, 0.25) is 0 Å². The molecule has 0 fully saturated rings. The topological polar surface area (TPSA) is 115 Å². The maximum Gasteiger partial charge on any atom is 0.264 e. The van der Waals surface area contributed by atoms with Crippen LogP contribution in [-0.2, 0) is 21.2 Å². The summed E-state index contributed by atoms with van der Waals surface area (Å²) in [5.41, 5.74) is 7.18. The smallest absolute Gasteiger partial charge is 0.264 e. The predicted octanol–water partition coefficient (Wildman–Crippen LogP) is 2.27. The van der Waals surface area contributed by atoms with Crippen molar-refractivity contribution in [2.75, 3.05) is 4.72 Å². The lowest BCUT2D eigenvalue weighted by atomic mass is 10.0. The first kappa shape index (κ1) is 17.0. The Hall–Kier alpha value is -2.87. The zero-order chi connectivity index (χ0) is 18.2. The summed E-state index contributed by atoms with van der Waals surface area (Å²) in [6.45, 7) is 3.45. The number of aryl methyl sites for hydroxylation is 1. The van der Waals surface area contributed by atoms with Gasteiger partial charge in [0, 0.05) is 10.9 Å². The standard InChI is InChI=1S/C17H17N3O4S/c1-10-11(2)19-24-17(10)20-25(22,23)15-8-4-6-13-12(9-16(18)21)5-3-7-14(13)15/h3-8,20H,9H2,1-2H3,(H2,18,21). The maximum atomic E-state index is 12.8. The number of amides is 1. The van der Waals surface area contributed by atoms with E-state index in [4.69, 9.17) is 10.3 Å². The van der Waals surface area contributed by atoms with E-state index in [9.17, 15) is 13.2 Å². The average molecular weight is 359 g/mol. The molecular formula is C17H17N3O4S. The number of rotatable bonds is 5. The molecule has 0 bridgehead atoms. The molecule has 0 saturated carbocycles. The number of sulfonamides is 1. The van der Waals surface area contributed by atoms with Gasteiger partial charge in [0.25, 0.3) is 10.0 Å². The minimum Gasteiger partial charge on any atom is -0.369 e. The second-order valence-corrected chi connectivity index (χ2v) is 7.39. The summed E-state index contributed by atoms with van der Waals surface area (Å²) in [5, 5.41) is 4.91. The van der Waals surface area contributed by atoms with Crippen molar-refractivity contribution >= 4 is 32.6 Å². The highest BCUT2D eigenvalue weighted by molar-refractivity contribution is 7.93. The Bertz CT molecular complexity index is 1070. The summed E-state index contributed by atoms with van der Waals surface area (Å²) < 4.78 is 33.1. The number of nitrogens with one attached hydrogen (secondary N) is 1. The van der Waals surface area contributed by atoms with Gasteiger partial charge in [0.05, 0.1) is 17.0 Å². The second-order valence-electron chi connectivity index (χ2n) is 5.74. The Balaban J connectivity index is 2.11. The molecule has 3 aromatic rings. The van der Waals surface area contributed by atoms with Gasteiger partial charge in [0.2, 0.25) is 11.8 Å². The fourth-order valence-corrected chi connectivity index (χ4v) is 3.88. The molecule has 130 valence electrons. The van der Waals surface area contributed by atoms with Crippen molar-refractivity contribution in [3.8, 4) is 0 Å². The number of hydrogen-bond acceptors (Lipinski definition) is 5. The molecule has 2 aromatic carbocycles. The number of hydrogen-bond donors (Lipinski definition) is 2. The lowest BCUT2D eigenvalue weighted by Crippen LogP contribution is -2.15. The van der Waals surface area contributed by atoms with Gasteiger partial charge in [-0.15, -0.1) is 0 Å². The van der Waals surface area contributed by atoms with Crippen LogP contribution in [0.15, 0.2) is 45.8 Å². The largest absolute Gasteiger partial charge is 0.369 e. The number of benzene rings is 2. The molecule has 7 nitrogen and oxygen atoms in total. The van der Waals surface area contributed by atoms with Gasteiger partial charge in [-0.05, 0) is 30.9 Å². The van der Waals surface area contributed by atoms with E-state index < -0.39 is 15.9 Å². The van der Waals surface area contributed by atoms with E-state index in [0.717, 1.165) is 0 Å². The number of nitrogens with two attached hydrogens (primary N) is 1. The Morgan fingerprint density at radius 1 is 1.16 bits per heavy atom. The van der Waals surface area contributed by atoms with Gasteiger partial charge in [-0.2, -0.15) is 0 Å². The molecular weight excluding hydrogens is 342 g/mol. The van der Waals surface area contributed by atoms with Gasteiger partial charge in [0.1, 0.15) is 0 Å². The summed E-state index contributed by atoms with van der Waals surface area (Å²) >= 11 is 0. The van der Waals surface area contributed by atoms with E-state index in [0.29, 0.717) is 27.6 Å². The van der Waals surface area contributed by atoms with Crippen molar-refractivity contribution in [2.24, 2.45) is 5.73 Å². The molecule has 3 N–H and O–H groups in total. The number of fused-ring (bicyclic) bond motifs is 1. The molecule has 0 aliphatic carbocycles. The Labute approximate surface area is 144 Å². The highest BCUT2D eigenvalue weighted by Crippen LogP contribution is 2.28. The third-order valence-corrected chi connectivity index (χ3v) is 5.40. The zero-order valence-electron chi connectivity index (χ0n) is 13.7. The molecule has 1 heterocycles. The fourth-order valence-electron chi connectivity index (χ4n) is 2.61. The van der Waals surface area contributed by atoms with Gasteiger partial charge in [-0.3, -0.25) is 4.79 Å². The van der Waals surface area contributed by atoms with Crippen molar-refractivity contribution in [2.45, 2.75) is 25.2 Å². The summed E-state index contributed by atoms with van der Waals surface area (Å²) in [6.07, 6.45) is 0.0364. The predicted molar refractivity (Wildman–Crippen MR) is 93.6 cm³/mol. The highest BCUT2D eigenvalue weighted by atomic mass is 32.2. The number of carbonyl (C=O) groups excluding carboxylic acids is 1. The summed E-state index contributed by atoms with van der Waals surface area (Å²) in [4.78, 5) is 11.3. The quantitative estimate of drug-likeness (QED) is 0.725. The van der Waals surface area contributed by atoms with E-state index in [1.165, 1.54) is 6.07 Å². The zero-order valence-corrected chi connectivity index (χ0v) is 14.6. The number of aromatic nitrogens is 1. The minimum absolute atomic E-state index is 0.0364. The van der Waals surface area contributed by atoms with Crippen molar-refractivity contribution in [1.29, 1.82) is 0 Å². The summed E-state index contributed by atoms with van der Waals surface area (Å²) in [6, 6.07) is 10.0. The molecule has 0 atom stereocenters. The van der Waals surface area contributed by atoms with Gasteiger partial charge in [-0.1, -0.05) is 35.5 Å². The molecule has 3 rings (SSSR count). The van der Waals surface area contributed by atoms with Crippen LogP contribution in [0.1, 0.15) is 16.8 Å². The first-order valence-electron chi connectivity index (χ1n) is 7.54. The van der Waals surface area contributed by atoms with Crippen molar-refractivity contribution < 1.29 is 17.7 Å². The van der Waals surface area contributed by atoms with E-state index >= 15 is 0 Å². The Morgan fingerprint density at radius 3 is 2.48 bits per heavy atom. The van der Waals surface area contributed by atoms with Crippen LogP contribution in [-0.4, -0.2) is 19.5 Å². The van der Waals surface area contributed by atoms with Crippen LogP contribution in [0.25, 0.3) is 10.8 Å². The number of carbonyl (C=O) groups is 1. The molecule has 25 heavy (non-hydrogen) atoms. The molecule has 1 aromatic heterocycles. The molecule has 0 aliphatic heterocycles. The average Bonchev–Trinajstić information content (AvgIpc) is 2.86. The van der Waals surface area contributed by atoms with Crippen LogP contribution >= 0.6 is 0 Å². The van der Waals surface area contributed by atoms with E-state index in [2.05, 4.69) is 9.88 Å². The second kappa shape index (κ2) is 6.21. The lowest BCUT2D eigenvalue weighted by Gasteiger charge is -2.11. The molecule has 1 amide bonds. The van der Waals surface area contributed by atoms with Crippen LogP contribution in [0.5, 0.6) is 0 Å². The molecule has 0 saturated heterocycles. The first-order valence-corrected chi connectivity index (χ1v) is 9.02. The molecule has 8 heteroatoms. The monoisotopic (exact) mass is 359 g/mol. The molecule has 0 spiro atoms. The number of anilines is 1. The Morgan fingerprint density at radius 2 is 1.84 bits per heavy atom. The fraction of sp³-hybridized carbons (Fsp3) is 0.176. The summed E-state index contributed by atoms with van der Waals surface area (Å²) in [7, 11) is -3.89. The normalized spacial score (nSPS) is 11.6. The number of primary amides is 1. The van der Waals surface area contributed by atoms with Crippen molar-refractivity contribution in [3.63, 3.8) is 0 Å². The van der Waals surface area contributed by atoms with Gasteiger partial charge >= 0.3 is 0 Å². The van der Waals surface area contributed by atoms with E-state index in [-0.39, 0.29) is 17.2 Å². The van der Waals surface area contributed by atoms with E-state index in [1.807, 2.05) is 0 Å². The van der Waals surface area contributed by atoms with Crippen LogP contribution in [0, 0.1) is 13.8 Å². The molecule has 0 radical (unpaired) electrons. The third-order valence-electron chi connectivity index (χ3n) is 4.01. The van der Waals surface area contributed by atoms with Crippen LogP contribution in [0.4, 0.5) is 5.88 Å².